The molecule has 150 valence electrons. The summed E-state index contributed by atoms with van der Waals surface area (Å²) in [6.45, 7) is 3.86. The van der Waals surface area contributed by atoms with E-state index >= 15 is 0 Å². The molecule has 2 rings (SSSR count). The van der Waals surface area contributed by atoms with E-state index in [0.717, 1.165) is 5.56 Å². The summed E-state index contributed by atoms with van der Waals surface area (Å²) >= 11 is 0. The lowest BCUT2D eigenvalue weighted by atomic mass is 9.99. The molecule has 0 fully saturated rings. The molecule has 28 heavy (non-hydrogen) atoms. The zero-order valence-corrected chi connectivity index (χ0v) is 16.3. The van der Waals surface area contributed by atoms with Gasteiger partial charge in [0.15, 0.2) is 6.61 Å². The van der Waals surface area contributed by atoms with Gasteiger partial charge in [-0.05, 0) is 29.7 Å². The first kappa shape index (κ1) is 21.1. The zero-order chi connectivity index (χ0) is 20.5. The minimum Gasteiger partial charge on any atom is -0.467 e. The minimum atomic E-state index is -0.775. The molecule has 2 aromatic rings. The first-order chi connectivity index (χ1) is 13.4. The summed E-state index contributed by atoms with van der Waals surface area (Å²) in [4.78, 5) is 36.0. The molecule has 0 aliphatic heterocycles. The van der Waals surface area contributed by atoms with E-state index in [-0.39, 0.29) is 5.92 Å². The maximum atomic E-state index is 12.1. The van der Waals surface area contributed by atoms with Crippen molar-refractivity contribution in [3.63, 3.8) is 0 Å². The van der Waals surface area contributed by atoms with Crippen molar-refractivity contribution in [1.29, 1.82) is 0 Å². The fourth-order valence-corrected chi connectivity index (χ4v) is 2.55. The molecule has 1 aromatic carbocycles. The number of amides is 1. The van der Waals surface area contributed by atoms with Gasteiger partial charge < -0.3 is 14.8 Å². The molecule has 0 saturated carbocycles. The van der Waals surface area contributed by atoms with Crippen LogP contribution in [0.25, 0.3) is 0 Å². The number of aromatic nitrogens is 2. The van der Waals surface area contributed by atoms with Crippen LogP contribution in [0.3, 0.4) is 0 Å². The SMILES string of the molecule is CCC(C)C(NC(=O)COC(=O)c1ccc(Cn2cccn2)cc1)C(=O)OC. The summed E-state index contributed by atoms with van der Waals surface area (Å²) in [5, 5.41) is 6.68. The first-order valence-electron chi connectivity index (χ1n) is 9.05. The van der Waals surface area contributed by atoms with Crippen molar-refractivity contribution in [3.05, 3.63) is 53.9 Å². The van der Waals surface area contributed by atoms with Gasteiger partial charge in [-0.1, -0.05) is 32.4 Å². The van der Waals surface area contributed by atoms with Crippen molar-refractivity contribution in [2.75, 3.05) is 13.7 Å². The predicted octanol–water partition coefficient (Wildman–Crippen LogP) is 1.79. The molecule has 1 aromatic heterocycles. The molecule has 0 radical (unpaired) electrons. The highest BCUT2D eigenvalue weighted by atomic mass is 16.5. The van der Waals surface area contributed by atoms with E-state index in [0.29, 0.717) is 18.5 Å². The Morgan fingerprint density at radius 2 is 1.93 bits per heavy atom. The van der Waals surface area contributed by atoms with E-state index < -0.39 is 30.5 Å². The number of nitrogens with zero attached hydrogens (tertiary/aromatic N) is 2. The molecule has 0 bridgehead atoms. The van der Waals surface area contributed by atoms with Crippen LogP contribution in [0.4, 0.5) is 0 Å². The largest absolute Gasteiger partial charge is 0.467 e. The normalized spacial score (nSPS) is 12.7. The number of carbonyl (C=O) groups excluding carboxylic acids is 3. The van der Waals surface area contributed by atoms with Gasteiger partial charge in [0.1, 0.15) is 6.04 Å². The molecule has 8 nitrogen and oxygen atoms in total. The van der Waals surface area contributed by atoms with Gasteiger partial charge in [0, 0.05) is 12.4 Å². The Bertz CT molecular complexity index is 787. The van der Waals surface area contributed by atoms with Crippen LogP contribution in [-0.4, -0.2) is 47.4 Å². The van der Waals surface area contributed by atoms with Crippen molar-refractivity contribution in [3.8, 4) is 0 Å². The molecule has 0 saturated heterocycles. The molecule has 1 N–H and O–H groups in total. The lowest BCUT2D eigenvalue weighted by Gasteiger charge is -2.21. The number of ether oxygens (including phenoxy) is 2. The Balaban J connectivity index is 1.86. The lowest BCUT2D eigenvalue weighted by Crippen LogP contribution is -2.47. The van der Waals surface area contributed by atoms with Crippen molar-refractivity contribution in [1.82, 2.24) is 15.1 Å². The molecule has 1 amide bonds. The quantitative estimate of drug-likeness (QED) is 0.659. The zero-order valence-electron chi connectivity index (χ0n) is 16.3. The van der Waals surface area contributed by atoms with E-state index in [4.69, 9.17) is 9.47 Å². The smallest absolute Gasteiger partial charge is 0.338 e. The van der Waals surface area contributed by atoms with E-state index in [2.05, 4.69) is 10.4 Å². The highest BCUT2D eigenvalue weighted by Gasteiger charge is 2.27. The van der Waals surface area contributed by atoms with Crippen LogP contribution in [0.5, 0.6) is 0 Å². The van der Waals surface area contributed by atoms with Gasteiger partial charge in [-0.2, -0.15) is 5.10 Å². The van der Waals surface area contributed by atoms with Crippen LogP contribution in [0, 0.1) is 5.92 Å². The van der Waals surface area contributed by atoms with Gasteiger partial charge in [-0.15, -0.1) is 0 Å². The summed E-state index contributed by atoms with van der Waals surface area (Å²) in [6.07, 6.45) is 4.23. The van der Waals surface area contributed by atoms with E-state index in [1.165, 1.54) is 7.11 Å². The number of carbonyl (C=O) groups is 3. The van der Waals surface area contributed by atoms with Crippen LogP contribution in [0.1, 0.15) is 36.2 Å². The number of nitrogens with one attached hydrogen (secondary N) is 1. The topological polar surface area (TPSA) is 99.5 Å². The highest BCUT2D eigenvalue weighted by molar-refractivity contribution is 5.92. The summed E-state index contributed by atoms with van der Waals surface area (Å²) in [5.41, 5.74) is 1.32. The number of methoxy groups -OCH3 is 1. The van der Waals surface area contributed by atoms with Crippen LogP contribution in [-0.2, 0) is 25.6 Å². The van der Waals surface area contributed by atoms with Crippen molar-refractivity contribution in [2.45, 2.75) is 32.9 Å². The van der Waals surface area contributed by atoms with Crippen molar-refractivity contribution >= 4 is 17.8 Å². The molecular weight excluding hydrogens is 362 g/mol. The standard InChI is InChI=1S/C20H25N3O5/c1-4-14(2)18(20(26)27-3)22-17(24)13-28-19(25)16-8-6-15(7-9-16)12-23-11-5-10-21-23/h5-11,14,18H,4,12-13H2,1-3H3,(H,22,24). The van der Waals surface area contributed by atoms with Crippen molar-refractivity contribution < 1.29 is 23.9 Å². The number of esters is 2. The van der Waals surface area contributed by atoms with Crippen LogP contribution < -0.4 is 5.32 Å². The first-order valence-corrected chi connectivity index (χ1v) is 9.05. The Kier molecular flexibility index (Phi) is 7.74. The Morgan fingerprint density at radius 1 is 1.21 bits per heavy atom. The second-order valence-electron chi connectivity index (χ2n) is 6.43. The summed E-state index contributed by atoms with van der Waals surface area (Å²) < 4.78 is 11.5. The average Bonchev–Trinajstić information content (AvgIpc) is 3.22. The van der Waals surface area contributed by atoms with Gasteiger partial charge >= 0.3 is 11.9 Å². The van der Waals surface area contributed by atoms with Gasteiger partial charge in [-0.3, -0.25) is 9.48 Å². The van der Waals surface area contributed by atoms with Crippen molar-refractivity contribution in [2.24, 2.45) is 5.92 Å². The maximum Gasteiger partial charge on any atom is 0.338 e. The number of hydrogen-bond donors (Lipinski definition) is 1. The van der Waals surface area contributed by atoms with E-state index in [1.807, 2.05) is 26.1 Å². The fraction of sp³-hybridized carbons (Fsp3) is 0.400. The minimum absolute atomic E-state index is 0.102. The molecule has 8 heteroatoms. The molecule has 0 aliphatic rings. The molecule has 0 aliphatic carbocycles. The fourth-order valence-electron chi connectivity index (χ4n) is 2.55. The monoisotopic (exact) mass is 387 g/mol. The van der Waals surface area contributed by atoms with Crippen LogP contribution in [0.2, 0.25) is 0 Å². The van der Waals surface area contributed by atoms with Gasteiger partial charge in [0.2, 0.25) is 0 Å². The number of hydrogen-bond acceptors (Lipinski definition) is 6. The number of rotatable bonds is 9. The van der Waals surface area contributed by atoms with E-state index in [9.17, 15) is 14.4 Å². The van der Waals surface area contributed by atoms with Gasteiger partial charge in [-0.25, -0.2) is 9.59 Å². The van der Waals surface area contributed by atoms with Crippen LogP contribution >= 0.6 is 0 Å². The molecular formula is C20H25N3O5. The second-order valence-corrected chi connectivity index (χ2v) is 6.43. The highest BCUT2D eigenvalue weighted by Crippen LogP contribution is 2.10. The van der Waals surface area contributed by atoms with E-state index in [1.54, 1.807) is 35.1 Å². The molecule has 2 unspecified atom stereocenters. The van der Waals surface area contributed by atoms with Gasteiger partial charge in [0.05, 0.1) is 19.2 Å². The average molecular weight is 387 g/mol. The third kappa shape index (κ3) is 5.94. The lowest BCUT2D eigenvalue weighted by molar-refractivity contribution is -0.147. The predicted molar refractivity (Wildman–Crippen MR) is 101 cm³/mol. The summed E-state index contributed by atoms with van der Waals surface area (Å²) in [6, 6.07) is 7.93. The molecule has 0 spiro atoms. The third-order valence-corrected chi connectivity index (χ3v) is 4.41. The molecule has 2 atom stereocenters. The summed E-state index contributed by atoms with van der Waals surface area (Å²) in [7, 11) is 1.26. The Labute approximate surface area is 163 Å². The molecule has 1 heterocycles. The Morgan fingerprint density at radius 3 is 2.50 bits per heavy atom. The third-order valence-electron chi connectivity index (χ3n) is 4.41. The van der Waals surface area contributed by atoms with Gasteiger partial charge in [0.25, 0.3) is 5.91 Å². The number of benzene rings is 1. The second kappa shape index (κ2) is 10.2. The maximum absolute atomic E-state index is 12.1. The Hall–Kier alpha value is -3.16. The summed E-state index contributed by atoms with van der Waals surface area (Å²) in [5.74, 6) is -1.80. The van der Waals surface area contributed by atoms with Crippen LogP contribution in [0.15, 0.2) is 42.7 Å².